The number of alkyl halides is 3. The standard InChI is InChI=1S/C22H25ClF3N3O3S/c1-33(31,32)29(18-9-10-20(23)19(13-18)22(24,25)26)15-21(30)27-14-16-5-7-17(8-6-16)28-11-3-2-4-12-28/h5-10,13H,2-4,11-12,14-15H2,1H3,(H,27,30). The zero-order valence-electron chi connectivity index (χ0n) is 18.0. The molecule has 6 nitrogen and oxygen atoms in total. The van der Waals surface area contributed by atoms with E-state index >= 15 is 0 Å². The Labute approximate surface area is 196 Å². The van der Waals surface area contributed by atoms with Crippen LogP contribution in [0.2, 0.25) is 5.02 Å². The molecule has 0 radical (unpaired) electrons. The Kier molecular flexibility index (Phi) is 7.79. The van der Waals surface area contributed by atoms with E-state index in [2.05, 4.69) is 10.2 Å². The Morgan fingerprint density at radius 2 is 1.73 bits per heavy atom. The first-order valence-electron chi connectivity index (χ1n) is 10.4. The molecule has 180 valence electrons. The van der Waals surface area contributed by atoms with Gasteiger partial charge in [-0.3, -0.25) is 9.10 Å². The van der Waals surface area contributed by atoms with Gasteiger partial charge in [0.2, 0.25) is 15.9 Å². The van der Waals surface area contributed by atoms with Crippen LogP contribution in [-0.4, -0.2) is 40.2 Å². The van der Waals surface area contributed by atoms with Gasteiger partial charge in [0.1, 0.15) is 6.54 Å². The minimum Gasteiger partial charge on any atom is -0.372 e. The van der Waals surface area contributed by atoms with Crippen molar-refractivity contribution in [1.29, 1.82) is 0 Å². The second-order valence-electron chi connectivity index (χ2n) is 7.92. The molecular formula is C22H25ClF3N3O3S. The number of carbonyl (C=O) groups excluding carboxylic acids is 1. The number of amides is 1. The molecule has 0 saturated carbocycles. The topological polar surface area (TPSA) is 69.7 Å². The van der Waals surface area contributed by atoms with Gasteiger partial charge in [0.15, 0.2) is 0 Å². The van der Waals surface area contributed by atoms with E-state index in [0.29, 0.717) is 10.4 Å². The molecular weight excluding hydrogens is 479 g/mol. The van der Waals surface area contributed by atoms with Crippen LogP contribution in [0, 0.1) is 0 Å². The third kappa shape index (κ3) is 6.77. The Morgan fingerprint density at radius 1 is 1.09 bits per heavy atom. The lowest BCUT2D eigenvalue weighted by Crippen LogP contribution is -2.40. The van der Waals surface area contributed by atoms with Gasteiger partial charge in [-0.2, -0.15) is 13.2 Å². The molecule has 1 amide bonds. The average Bonchev–Trinajstić information content (AvgIpc) is 2.76. The van der Waals surface area contributed by atoms with E-state index in [4.69, 9.17) is 11.6 Å². The molecule has 1 aliphatic heterocycles. The maximum atomic E-state index is 13.2. The first-order chi connectivity index (χ1) is 15.4. The third-order valence-electron chi connectivity index (χ3n) is 5.38. The quantitative estimate of drug-likeness (QED) is 0.607. The van der Waals surface area contributed by atoms with Gasteiger partial charge in [0.05, 0.1) is 22.5 Å². The van der Waals surface area contributed by atoms with Gasteiger partial charge >= 0.3 is 6.18 Å². The van der Waals surface area contributed by atoms with E-state index in [1.54, 1.807) is 0 Å². The number of nitrogens with zero attached hydrogens (tertiary/aromatic N) is 2. The second-order valence-corrected chi connectivity index (χ2v) is 10.2. The van der Waals surface area contributed by atoms with Gasteiger partial charge in [-0.1, -0.05) is 23.7 Å². The average molecular weight is 504 g/mol. The first kappa shape index (κ1) is 25.2. The fraction of sp³-hybridized carbons (Fsp3) is 0.409. The summed E-state index contributed by atoms with van der Waals surface area (Å²) in [5.74, 6) is -0.649. The zero-order chi connectivity index (χ0) is 24.2. The van der Waals surface area contributed by atoms with Gasteiger partial charge in [0, 0.05) is 25.3 Å². The summed E-state index contributed by atoms with van der Waals surface area (Å²) in [6.07, 6.45) is -0.390. The van der Waals surface area contributed by atoms with E-state index in [1.165, 1.54) is 6.42 Å². The van der Waals surface area contributed by atoms with Crippen molar-refractivity contribution in [2.24, 2.45) is 0 Å². The predicted octanol–water partition coefficient (Wildman–Crippen LogP) is 4.43. The minimum atomic E-state index is -4.76. The van der Waals surface area contributed by atoms with Gasteiger partial charge in [-0.25, -0.2) is 8.42 Å². The fourth-order valence-corrected chi connectivity index (χ4v) is 4.72. The van der Waals surface area contributed by atoms with E-state index < -0.39 is 39.2 Å². The summed E-state index contributed by atoms with van der Waals surface area (Å²) >= 11 is 5.61. The zero-order valence-corrected chi connectivity index (χ0v) is 19.6. The molecule has 0 spiro atoms. The molecule has 0 unspecified atom stereocenters. The summed E-state index contributed by atoms with van der Waals surface area (Å²) < 4.78 is 64.5. The van der Waals surface area contributed by atoms with Crippen molar-refractivity contribution in [1.82, 2.24) is 5.32 Å². The van der Waals surface area contributed by atoms with Crippen LogP contribution in [0.5, 0.6) is 0 Å². The molecule has 2 aromatic carbocycles. The van der Waals surface area contributed by atoms with Crippen LogP contribution in [0.1, 0.15) is 30.4 Å². The van der Waals surface area contributed by atoms with Crippen molar-refractivity contribution < 1.29 is 26.4 Å². The highest BCUT2D eigenvalue weighted by Crippen LogP contribution is 2.37. The number of anilines is 2. The van der Waals surface area contributed by atoms with Crippen molar-refractivity contribution in [2.75, 3.05) is 35.1 Å². The lowest BCUT2D eigenvalue weighted by Gasteiger charge is -2.28. The van der Waals surface area contributed by atoms with Crippen LogP contribution < -0.4 is 14.5 Å². The fourth-order valence-electron chi connectivity index (χ4n) is 3.65. The Bertz CT molecular complexity index is 1090. The molecule has 0 aliphatic carbocycles. The number of nitrogens with one attached hydrogen (secondary N) is 1. The monoisotopic (exact) mass is 503 g/mol. The van der Waals surface area contributed by atoms with E-state index in [9.17, 15) is 26.4 Å². The van der Waals surface area contributed by atoms with Crippen molar-refractivity contribution in [3.63, 3.8) is 0 Å². The number of carbonyl (C=O) groups is 1. The van der Waals surface area contributed by atoms with E-state index in [1.807, 2.05) is 24.3 Å². The number of piperidine rings is 1. The van der Waals surface area contributed by atoms with Crippen molar-refractivity contribution in [3.05, 3.63) is 58.6 Å². The molecule has 3 rings (SSSR count). The Balaban J connectivity index is 1.67. The molecule has 0 aromatic heterocycles. The van der Waals surface area contributed by atoms with Crippen LogP contribution in [0.25, 0.3) is 0 Å². The van der Waals surface area contributed by atoms with Crippen LogP contribution in [0.3, 0.4) is 0 Å². The SMILES string of the molecule is CS(=O)(=O)N(CC(=O)NCc1ccc(N2CCCCC2)cc1)c1ccc(Cl)c(C(F)(F)F)c1. The first-order valence-corrected chi connectivity index (χ1v) is 12.6. The number of sulfonamides is 1. The summed E-state index contributed by atoms with van der Waals surface area (Å²) in [5.41, 5.74) is 0.455. The van der Waals surface area contributed by atoms with Crippen LogP contribution in [0.4, 0.5) is 24.5 Å². The Hall–Kier alpha value is -2.46. The van der Waals surface area contributed by atoms with E-state index in [-0.39, 0.29) is 12.2 Å². The highest BCUT2D eigenvalue weighted by atomic mass is 35.5. The van der Waals surface area contributed by atoms with Crippen molar-refractivity contribution in [2.45, 2.75) is 32.0 Å². The molecule has 0 bridgehead atoms. The molecule has 11 heteroatoms. The van der Waals surface area contributed by atoms with Gasteiger partial charge in [-0.15, -0.1) is 0 Å². The molecule has 1 aliphatic rings. The summed E-state index contributed by atoms with van der Waals surface area (Å²) in [7, 11) is -4.03. The normalized spacial score (nSPS) is 14.8. The molecule has 33 heavy (non-hydrogen) atoms. The second kappa shape index (κ2) is 10.2. The van der Waals surface area contributed by atoms with Crippen LogP contribution in [0.15, 0.2) is 42.5 Å². The number of halogens is 4. The summed E-state index contributed by atoms with van der Waals surface area (Å²) in [4.78, 5) is 14.7. The van der Waals surface area contributed by atoms with E-state index in [0.717, 1.165) is 55.6 Å². The van der Waals surface area contributed by atoms with Gasteiger partial charge in [0.25, 0.3) is 0 Å². The van der Waals surface area contributed by atoms with Crippen molar-refractivity contribution in [3.8, 4) is 0 Å². The summed E-state index contributed by atoms with van der Waals surface area (Å²) in [5, 5.41) is 2.06. The molecule has 1 N–H and O–H groups in total. The smallest absolute Gasteiger partial charge is 0.372 e. The Morgan fingerprint density at radius 3 is 2.30 bits per heavy atom. The third-order valence-corrected chi connectivity index (χ3v) is 6.85. The molecule has 1 fully saturated rings. The summed E-state index contributed by atoms with van der Waals surface area (Å²) in [6.45, 7) is 1.52. The molecule has 2 aromatic rings. The number of benzene rings is 2. The highest BCUT2D eigenvalue weighted by Gasteiger charge is 2.34. The van der Waals surface area contributed by atoms with Gasteiger partial charge < -0.3 is 10.2 Å². The van der Waals surface area contributed by atoms with Crippen LogP contribution in [-0.2, 0) is 27.5 Å². The largest absolute Gasteiger partial charge is 0.417 e. The highest BCUT2D eigenvalue weighted by molar-refractivity contribution is 7.92. The molecule has 1 heterocycles. The summed E-state index contributed by atoms with van der Waals surface area (Å²) in [6, 6.07) is 10.4. The maximum absolute atomic E-state index is 13.2. The van der Waals surface area contributed by atoms with Crippen molar-refractivity contribution >= 4 is 38.9 Å². The minimum absolute atomic E-state index is 0.158. The lowest BCUT2D eigenvalue weighted by atomic mass is 10.1. The maximum Gasteiger partial charge on any atom is 0.417 e. The number of rotatable bonds is 7. The molecule has 0 atom stereocenters. The number of hydrogen-bond donors (Lipinski definition) is 1. The van der Waals surface area contributed by atoms with Gasteiger partial charge in [-0.05, 0) is 55.2 Å². The van der Waals surface area contributed by atoms with Crippen LogP contribution >= 0.6 is 11.6 Å². The number of hydrogen-bond acceptors (Lipinski definition) is 4. The lowest BCUT2D eigenvalue weighted by molar-refractivity contribution is -0.137. The predicted molar refractivity (Wildman–Crippen MR) is 123 cm³/mol. The molecule has 1 saturated heterocycles.